The van der Waals surface area contributed by atoms with E-state index in [1.54, 1.807) is 7.11 Å². The third-order valence-corrected chi connectivity index (χ3v) is 4.07. The highest BCUT2D eigenvalue weighted by atomic mass is 16.5. The first-order valence-corrected chi connectivity index (χ1v) is 7.82. The predicted octanol–water partition coefficient (Wildman–Crippen LogP) is 1.71. The van der Waals surface area contributed by atoms with Crippen LogP contribution < -0.4 is 4.74 Å². The Kier molecular flexibility index (Phi) is 5.81. The first kappa shape index (κ1) is 16.3. The molecule has 0 atom stereocenters. The quantitative estimate of drug-likeness (QED) is 0.832. The maximum Gasteiger partial charge on any atom is 0.223 e. The van der Waals surface area contributed by atoms with Crippen LogP contribution in [0.3, 0.4) is 0 Å². The van der Waals surface area contributed by atoms with Gasteiger partial charge in [-0.2, -0.15) is 0 Å². The Morgan fingerprint density at radius 2 is 1.55 bits per heavy atom. The SMILES string of the molecule is CCC(=O)N1CCN(C(=O)CCc2ccc(OC)cc2)CC1. The fourth-order valence-corrected chi connectivity index (χ4v) is 2.63. The highest BCUT2D eigenvalue weighted by Gasteiger charge is 2.22. The van der Waals surface area contributed by atoms with Crippen LogP contribution >= 0.6 is 0 Å². The van der Waals surface area contributed by atoms with Gasteiger partial charge in [-0.25, -0.2) is 0 Å². The van der Waals surface area contributed by atoms with Gasteiger partial charge < -0.3 is 14.5 Å². The summed E-state index contributed by atoms with van der Waals surface area (Å²) >= 11 is 0. The molecule has 1 heterocycles. The molecule has 0 spiro atoms. The second-order valence-corrected chi connectivity index (χ2v) is 5.46. The maximum absolute atomic E-state index is 12.2. The number of ether oxygens (including phenoxy) is 1. The molecule has 0 saturated carbocycles. The summed E-state index contributed by atoms with van der Waals surface area (Å²) in [7, 11) is 1.64. The van der Waals surface area contributed by atoms with Crippen molar-refractivity contribution in [2.24, 2.45) is 0 Å². The normalized spacial score (nSPS) is 14.8. The standard InChI is InChI=1S/C17H24N2O3/c1-3-16(20)18-10-12-19(13-11-18)17(21)9-6-14-4-7-15(22-2)8-5-14/h4-5,7-8H,3,6,9-13H2,1-2H3. The van der Waals surface area contributed by atoms with Crippen LogP contribution in [0.2, 0.25) is 0 Å². The Morgan fingerprint density at radius 1 is 1.00 bits per heavy atom. The summed E-state index contributed by atoms with van der Waals surface area (Å²) in [6, 6.07) is 7.80. The monoisotopic (exact) mass is 304 g/mol. The van der Waals surface area contributed by atoms with E-state index in [0.717, 1.165) is 17.7 Å². The van der Waals surface area contributed by atoms with Gasteiger partial charge in [-0.3, -0.25) is 9.59 Å². The van der Waals surface area contributed by atoms with Crippen LogP contribution in [0, 0.1) is 0 Å². The van der Waals surface area contributed by atoms with Gasteiger partial charge in [0.05, 0.1) is 7.11 Å². The Hall–Kier alpha value is -2.04. The van der Waals surface area contributed by atoms with Gasteiger partial charge in [0.2, 0.25) is 11.8 Å². The molecule has 2 rings (SSSR count). The molecule has 0 N–H and O–H groups in total. The van der Waals surface area contributed by atoms with Crippen LogP contribution in [-0.4, -0.2) is 54.9 Å². The minimum atomic E-state index is 0.166. The molecular weight excluding hydrogens is 280 g/mol. The van der Waals surface area contributed by atoms with Crippen molar-refractivity contribution in [3.05, 3.63) is 29.8 Å². The van der Waals surface area contributed by atoms with Gasteiger partial charge in [0.1, 0.15) is 5.75 Å². The predicted molar refractivity (Wildman–Crippen MR) is 84.8 cm³/mol. The average Bonchev–Trinajstić information content (AvgIpc) is 2.59. The topological polar surface area (TPSA) is 49.9 Å². The van der Waals surface area contributed by atoms with Crippen molar-refractivity contribution in [3.63, 3.8) is 0 Å². The number of piperazine rings is 1. The molecule has 1 aromatic rings. The molecule has 1 aliphatic rings. The number of nitrogens with zero attached hydrogens (tertiary/aromatic N) is 2. The zero-order valence-electron chi connectivity index (χ0n) is 13.4. The van der Waals surface area contributed by atoms with Gasteiger partial charge in [0, 0.05) is 39.0 Å². The van der Waals surface area contributed by atoms with Crippen LogP contribution in [0.15, 0.2) is 24.3 Å². The van der Waals surface area contributed by atoms with Gasteiger partial charge in [0.15, 0.2) is 0 Å². The number of amides is 2. The summed E-state index contributed by atoms with van der Waals surface area (Å²) in [6.07, 6.45) is 1.77. The molecular formula is C17H24N2O3. The van der Waals surface area contributed by atoms with Gasteiger partial charge in [-0.05, 0) is 24.1 Å². The van der Waals surface area contributed by atoms with E-state index in [9.17, 15) is 9.59 Å². The average molecular weight is 304 g/mol. The smallest absolute Gasteiger partial charge is 0.223 e. The molecule has 0 unspecified atom stereocenters. The molecule has 5 heteroatoms. The van der Waals surface area contributed by atoms with E-state index >= 15 is 0 Å². The zero-order valence-corrected chi connectivity index (χ0v) is 13.4. The molecule has 5 nitrogen and oxygen atoms in total. The van der Waals surface area contributed by atoms with Crippen molar-refractivity contribution in [1.29, 1.82) is 0 Å². The van der Waals surface area contributed by atoms with Crippen LogP contribution in [0.5, 0.6) is 5.75 Å². The van der Waals surface area contributed by atoms with Gasteiger partial charge in [0.25, 0.3) is 0 Å². The second kappa shape index (κ2) is 7.82. The van der Waals surface area contributed by atoms with Gasteiger partial charge >= 0.3 is 0 Å². The number of methoxy groups -OCH3 is 1. The molecule has 1 aromatic carbocycles. The highest BCUT2D eigenvalue weighted by Crippen LogP contribution is 2.13. The molecule has 0 radical (unpaired) electrons. The zero-order chi connectivity index (χ0) is 15.9. The van der Waals surface area contributed by atoms with Gasteiger partial charge in [-0.15, -0.1) is 0 Å². The third-order valence-electron chi connectivity index (χ3n) is 4.07. The molecule has 22 heavy (non-hydrogen) atoms. The summed E-state index contributed by atoms with van der Waals surface area (Å²) in [5, 5.41) is 0. The van der Waals surface area contributed by atoms with E-state index in [4.69, 9.17) is 4.74 Å². The number of aryl methyl sites for hydroxylation is 1. The number of benzene rings is 1. The fourth-order valence-electron chi connectivity index (χ4n) is 2.63. The molecule has 1 saturated heterocycles. The van der Waals surface area contributed by atoms with Crippen molar-refractivity contribution in [2.75, 3.05) is 33.3 Å². The Labute approximate surface area is 131 Å². The summed E-state index contributed by atoms with van der Waals surface area (Å²) in [5.74, 6) is 1.16. The minimum absolute atomic E-state index is 0.166. The minimum Gasteiger partial charge on any atom is -0.497 e. The Bertz CT molecular complexity index is 505. The molecule has 1 aliphatic heterocycles. The lowest BCUT2D eigenvalue weighted by atomic mass is 10.1. The second-order valence-electron chi connectivity index (χ2n) is 5.46. The summed E-state index contributed by atoms with van der Waals surface area (Å²) in [6.45, 7) is 4.47. The first-order chi connectivity index (χ1) is 10.6. The number of hydrogen-bond acceptors (Lipinski definition) is 3. The van der Waals surface area contributed by atoms with E-state index < -0.39 is 0 Å². The van der Waals surface area contributed by atoms with E-state index in [1.807, 2.05) is 41.0 Å². The van der Waals surface area contributed by atoms with Gasteiger partial charge in [-0.1, -0.05) is 19.1 Å². The Morgan fingerprint density at radius 3 is 2.05 bits per heavy atom. The van der Waals surface area contributed by atoms with Crippen molar-refractivity contribution < 1.29 is 14.3 Å². The molecule has 2 amide bonds. The van der Waals surface area contributed by atoms with Crippen molar-refractivity contribution in [1.82, 2.24) is 9.80 Å². The summed E-state index contributed by atoms with van der Waals surface area (Å²) < 4.78 is 5.12. The number of hydrogen-bond donors (Lipinski definition) is 0. The van der Waals surface area contributed by atoms with Crippen LogP contribution in [0.1, 0.15) is 25.3 Å². The van der Waals surface area contributed by atoms with Crippen LogP contribution in [0.25, 0.3) is 0 Å². The first-order valence-electron chi connectivity index (χ1n) is 7.82. The Balaban J connectivity index is 1.77. The summed E-state index contributed by atoms with van der Waals surface area (Å²) in [4.78, 5) is 27.6. The molecule has 1 fully saturated rings. The number of rotatable bonds is 5. The molecule has 0 aromatic heterocycles. The van der Waals surface area contributed by atoms with E-state index in [-0.39, 0.29) is 11.8 Å². The van der Waals surface area contributed by atoms with E-state index in [0.29, 0.717) is 39.0 Å². The van der Waals surface area contributed by atoms with Crippen molar-refractivity contribution in [2.45, 2.75) is 26.2 Å². The van der Waals surface area contributed by atoms with Crippen LogP contribution in [0.4, 0.5) is 0 Å². The van der Waals surface area contributed by atoms with E-state index in [1.165, 1.54) is 0 Å². The number of carbonyl (C=O) groups is 2. The largest absolute Gasteiger partial charge is 0.497 e. The van der Waals surface area contributed by atoms with Crippen molar-refractivity contribution in [3.8, 4) is 5.75 Å². The number of carbonyl (C=O) groups excluding carboxylic acids is 2. The lowest BCUT2D eigenvalue weighted by molar-refractivity contribution is -0.139. The van der Waals surface area contributed by atoms with Crippen molar-refractivity contribution >= 4 is 11.8 Å². The highest BCUT2D eigenvalue weighted by molar-refractivity contribution is 5.78. The third kappa shape index (κ3) is 4.23. The van der Waals surface area contributed by atoms with E-state index in [2.05, 4.69) is 0 Å². The molecule has 0 aliphatic carbocycles. The lowest BCUT2D eigenvalue weighted by Gasteiger charge is -2.34. The molecule has 120 valence electrons. The fraction of sp³-hybridized carbons (Fsp3) is 0.529. The molecule has 0 bridgehead atoms. The maximum atomic E-state index is 12.2. The lowest BCUT2D eigenvalue weighted by Crippen LogP contribution is -2.50. The summed E-state index contributed by atoms with van der Waals surface area (Å²) in [5.41, 5.74) is 1.13. The van der Waals surface area contributed by atoms with Crippen LogP contribution in [-0.2, 0) is 16.0 Å².